The number of likely N-dealkylation sites (tertiary alicyclic amines) is 1. The van der Waals surface area contributed by atoms with E-state index in [9.17, 15) is 19.2 Å². The standard InChI is InChI=1S/C48H87N5O4/c1-4-6-8-10-12-14-16-18-20-22-24-26-28-30-32-36-46(55)51-42-45(48(57)50-39-38-49-41-44-35-34-40-53(44)43(3)54)52-47(56)37-33-31-29-27-25-23-21-19-17-15-13-11-9-7-5-2/h18-21,41,44-45H,4-17,22-40,42H2,1-3H3,(H,50,57)(H,51,55)(H,52,56)/b20-18-,21-19-,49-41?. The van der Waals surface area contributed by atoms with Crippen molar-refractivity contribution in [2.24, 2.45) is 4.99 Å². The Bertz CT molecular complexity index is 1110. The molecule has 0 bridgehead atoms. The second-order valence-electron chi connectivity index (χ2n) is 16.4. The Morgan fingerprint density at radius 3 is 1.56 bits per heavy atom. The van der Waals surface area contributed by atoms with Gasteiger partial charge in [-0.05, 0) is 77.0 Å². The predicted molar refractivity (Wildman–Crippen MR) is 241 cm³/mol. The number of nitrogens with one attached hydrogen (secondary N) is 3. The van der Waals surface area contributed by atoms with Crippen LogP contribution >= 0.6 is 0 Å². The van der Waals surface area contributed by atoms with Crippen LogP contribution in [-0.2, 0) is 19.2 Å². The molecule has 328 valence electrons. The van der Waals surface area contributed by atoms with Crippen molar-refractivity contribution in [2.45, 2.75) is 225 Å². The normalized spacial score (nSPS) is 14.9. The number of allylic oxidation sites excluding steroid dienone is 4. The molecule has 1 aliphatic heterocycles. The molecule has 9 nitrogen and oxygen atoms in total. The smallest absolute Gasteiger partial charge is 0.244 e. The predicted octanol–water partition coefficient (Wildman–Crippen LogP) is 10.9. The number of unbranched alkanes of at least 4 members (excludes halogenated alkanes) is 22. The first-order valence-electron chi connectivity index (χ1n) is 23.8. The Morgan fingerprint density at radius 2 is 1.07 bits per heavy atom. The topological polar surface area (TPSA) is 120 Å². The molecule has 0 radical (unpaired) electrons. The lowest BCUT2D eigenvalue weighted by molar-refractivity contribution is -0.129. The van der Waals surface area contributed by atoms with Crippen molar-refractivity contribution in [3.05, 3.63) is 24.3 Å². The van der Waals surface area contributed by atoms with Crippen LogP contribution in [0.3, 0.4) is 0 Å². The zero-order chi connectivity index (χ0) is 41.4. The van der Waals surface area contributed by atoms with Gasteiger partial charge in [0, 0.05) is 45.6 Å². The van der Waals surface area contributed by atoms with Crippen molar-refractivity contribution >= 4 is 29.8 Å². The maximum Gasteiger partial charge on any atom is 0.244 e. The van der Waals surface area contributed by atoms with E-state index in [1.54, 1.807) is 6.92 Å². The van der Waals surface area contributed by atoms with Crippen LogP contribution in [0.1, 0.15) is 213 Å². The molecule has 1 heterocycles. The van der Waals surface area contributed by atoms with Crippen molar-refractivity contribution in [2.75, 3.05) is 26.2 Å². The minimum absolute atomic E-state index is 0.0127. The summed E-state index contributed by atoms with van der Waals surface area (Å²) in [4.78, 5) is 56.9. The molecule has 2 unspecified atom stereocenters. The third-order valence-corrected chi connectivity index (χ3v) is 11.0. The maximum atomic E-state index is 13.2. The summed E-state index contributed by atoms with van der Waals surface area (Å²) in [6.45, 7) is 7.60. The van der Waals surface area contributed by atoms with E-state index in [-0.39, 0.29) is 36.2 Å². The highest BCUT2D eigenvalue weighted by Gasteiger charge is 2.25. The molecule has 1 saturated heterocycles. The number of hydrogen-bond donors (Lipinski definition) is 3. The Kier molecular flexibility index (Phi) is 35.2. The molecule has 0 aromatic heterocycles. The van der Waals surface area contributed by atoms with Crippen molar-refractivity contribution in [1.29, 1.82) is 0 Å². The third kappa shape index (κ3) is 31.7. The quantitative estimate of drug-likeness (QED) is 0.0327. The van der Waals surface area contributed by atoms with Crippen LogP contribution in [0.15, 0.2) is 29.3 Å². The largest absolute Gasteiger partial charge is 0.353 e. The van der Waals surface area contributed by atoms with Crippen molar-refractivity contribution in [3.63, 3.8) is 0 Å². The second kappa shape index (κ2) is 38.5. The Labute approximate surface area is 349 Å². The fourth-order valence-corrected chi connectivity index (χ4v) is 7.39. The fourth-order valence-electron chi connectivity index (χ4n) is 7.39. The Morgan fingerprint density at radius 1 is 0.614 bits per heavy atom. The zero-order valence-electron chi connectivity index (χ0n) is 37.1. The molecule has 3 N–H and O–H groups in total. The van der Waals surface area contributed by atoms with Gasteiger partial charge in [0.25, 0.3) is 0 Å². The first kappa shape index (κ1) is 52.0. The van der Waals surface area contributed by atoms with Crippen LogP contribution in [0.5, 0.6) is 0 Å². The van der Waals surface area contributed by atoms with E-state index in [1.165, 1.54) is 109 Å². The highest BCUT2D eigenvalue weighted by molar-refractivity contribution is 5.88. The van der Waals surface area contributed by atoms with E-state index in [4.69, 9.17) is 0 Å². The van der Waals surface area contributed by atoms with Gasteiger partial charge < -0.3 is 20.9 Å². The molecule has 0 aliphatic carbocycles. The highest BCUT2D eigenvalue weighted by atomic mass is 16.2. The van der Waals surface area contributed by atoms with Gasteiger partial charge in [0.2, 0.25) is 23.6 Å². The molecular weight excluding hydrogens is 711 g/mol. The molecule has 57 heavy (non-hydrogen) atoms. The molecule has 9 heteroatoms. The van der Waals surface area contributed by atoms with Crippen LogP contribution in [0.2, 0.25) is 0 Å². The average Bonchev–Trinajstić information content (AvgIpc) is 3.68. The van der Waals surface area contributed by atoms with Crippen LogP contribution in [0.4, 0.5) is 0 Å². The molecular formula is C48H87N5O4. The lowest BCUT2D eigenvalue weighted by Gasteiger charge is -2.20. The monoisotopic (exact) mass is 798 g/mol. The third-order valence-electron chi connectivity index (χ3n) is 11.0. The summed E-state index contributed by atoms with van der Waals surface area (Å²) in [7, 11) is 0. The molecule has 0 saturated carbocycles. The second-order valence-corrected chi connectivity index (χ2v) is 16.4. The van der Waals surface area contributed by atoms with E-state index in [2.05, 4.69) is 59.1 Å². The van der Waals surface area contributed by atoms with Crippen LogP contribution in [0, 0.1) is 0 Å². The average molecular weight is 798 g/mol. The molecule has 2 atom stereocenters. The molecule has 1 aliphatic rings. The van der Waals surface area contributed by atoms with Crippen molar-refractivity contribution in [3.8, 4) is 0 Å². The van der Waals surface area contributed by atoms with Gasteiger partial charge in [-0.25, -0.2) is 0 Å². The molecule has 0 aromatic carbocycles. The van der Waals surface area contributed by atoms with Gasteiger partial charge in [0.1, 0.15) is 6.04 Å². The summed E-state index contributed by atoms with van der Waals surface area (Å²) in [5.74, 6) is -0.525. The number of aliphatic imine (C=N–C) groups is 1. The first-order chi connectivity index (χ1) is 27.9. The van der Waals surface area contributed by atoms with E-state index >= 15 is 0 Å². The van der Waals surface area contributed by atoms with Crippen molar-refractivity contribution in [1.82, 2.24) is 20.9 Å². The maximum absolute atomic E-state index is 13.2. The van der Waals surface area contributed by atoms with Crippen LogP contribution < -0.4 is 16.0 Å². The Hall–Kier alpha value is -2.97. The first-order valence-corrected chi connectivity index (χ1v) is 23.8. The molecule has 4 amide bonds. The summed E-state index contributed by atoms with van der Waals surface area (Å²) in [6, 6.07) is -0.829. The number of nitrogens with zero attached hydrogens (tertiary/aromatic N) is 2. The number of amides is 4. The van der Waals surface area contributed by atoms with Gasteiger partial charge in [-0.1, -0.05) is 141 Å². The number of carbonyl (C=O) groups is 4. The minimum atomic E-state index is -0.842. The summed E-state index contributed by atoms with van der Waals surface area (Å²) >= 11 is 0. The van der Waals surface area contributed by atoms with Gasteiger partial charge in [0.15, 0.2) is 0 Å². The van der Waals surface area contributed by atoms with E-state index in [0.717, 1.165) is 77.2 Å². The van der Waals surface area contributed by atoms with Crippen LogP contribution in [-0.4, -0.2) is 73.0 Å². The summed E-state index contributed by atoms with van der Waals surface area (Å²) in [5.41, 5.74) is 0. The van der Waals surface area contributed by atoms with Gasteiger partial charge >= 0.3 is 0 Å². The zero-order valence-corrected chi connectivity index (χ0v) is 37.1. The lowest BCUT2D eigenvalue weighted by atomic mass is 10.1. The van der Waals surface area contributed by atoms with Gasteiger partial charge in [-0.15, -0.1) is 0 Å². The molecule has 1 rings (SSSR count). The summed E-state index contributed by atoms with van der Waals surface area (Å²) < 4.78 is 0. The number of rotatable bonds is 38. The van der Waals surface area contributed by atoms with Gasteiger partial charge in [0.05, 0.1) is 12.6 Å². The number of carbonyl (C=O) groups excluding carboxylic acids is 4. The summed E-state index contributed by atoms with van der Waals surface area (Å²) in [5, 5.41) is 8.67. The van der Waals surface area contributed by atoms with E-state index < -0.39 is 6.04 Å². The van der Waals surface area contributed by atoms with Gasteiger partial charge in [-0.2, -0.15) is 0 Å². The van der Waals surface area contributed by atoms with Crippen molar-refractivity contribution < 1.29 is 19.2 Å². The minimum Gasteiger partial charge on any atom is -0.353 e. The van der Waals surface area contributed by atoms with Crippen LogP contribution in [0.25, 0.3) is 0 Å². The molecule has 1 fully saturated rings. The number of hydrogen-bond acceptors (Lipinski definition) is 5. The molecule has 0 spiro atoms. The SMILES string of the molecule is CCCCCCCC/C=C\CCCCCCCC(=O)NCC(NC(=O)CCCCCCC/C=C\CCCCCCCC)C(=O)NCCN=CC1CCCN1C(C)=O. The molecule has 0 aromatic rings. The fraction of sp³-hybridized carbons (Fsp3) is 0.812. The van der Waals surface area contributed by atoms with E-state index in [1.807, 2.05) is 11.1 Å². The Balaban J connectivity index is 2.35. The van der Waals surface area contributed by atoms with Gasteiger partial charge in [-0.3, -0.25) is 24.2 Å². The summed E-state index contributed by atoms with van der Waals surface area (Å²) in [6.07, 6.45) is 45.0. The highest BCUT2D eigenvalue weighted by Crippen LogP contribution is 2.16. The lowest BCUT2D eigenvalue weighted by Crippen LogP contribution is -2.53. The van der Waals surface area contributed by atoms with E-state index in [0.29, 0.717) is 25.9 Å².